The molecule has 2 aromatic rings. The Labute approximate surface area is 153 Å². The lowest BCUT2D eigenvalue weighted by molar-refractivity contribution is -0.128. The van der Waals surface area contributed by atoms with Gasteiger partial charge in [-0.05, 0) is 48.6 Å². The van der Waals surface area contributed by atoms with E-state index in [0.717, 1.165) is 28.0 Å². The van der Waals surface area contributed by atoms with E-state index in [1.165, 1.54) is 4.90 Å². The number of hydrogen-bond donors (Lipinski definition) is 0. The molecule has 0 N–H and O–H groups in total. The topological polar surface area (TPSA) is 55.8 Å². The maximum atomic E-state index is 12.8. The minimum Gasteiger partial charge on any atom is -0.496 e. The maximum absolute atomic E-state index is 12.8. The second-order valence-corrected chi connectivity index (χ2v) is 6.54. The lowest BCUT2D eigenvalue weighted by Gasteiger charge is -2.20. The van der Waals surface area contributed by atoms with E-state index in [4.69, 9.17) is 9.47 Å². The summed E-state index contributed by atoms with van der Waals surface area (Å²) in [5.41, 5.74) is 3.98. The summed E-state index contributed by atoms with van der Waals surface area (Å²) in [6.07, 6.45) is 0.203. The quantitative estimate of drug-likeness (QED) is 0.826. The Morgan fingerprint density at radius 1 is 1.15 bits per heavy atom. The Hall–Kier alpha value is -2.82. The molecule has 0 aliphatic carbocycles. The molecule has 0 bridgehead atoms. The second kappa shape index (κ2) is 7.60. The van der Waals surface area contributed by atoms with Gasteiger partial charge in [0.15, 0.2) is 0 Å². The van der Waals surface area contributed by atoms with Gasteiger partial charge in [-0.2, -0.15) is 0 Å². The van der Waals surface area contributed by atoms with E-state index in [0.29, 0.717) is 6.42 Å². The number of methoxy groups -OCH3 is 1. The van der Waals surface area contributed by atoms with Gasteiger partial charge >= 0.3 is 6.09 Å². The predicted molar refractivity (Wildman–Crippen MR) is 98.3 cm³/mol. The van der Waals surface area contributed by atoms with E-state index in [2.05, 4.69) is 0 Å². The molecule has 26 heavy (non-hydrogen) atoms. The van der Waals surface area contributed by atoms with Crippen molar-refractivity contribution in [1.82, 2.24) is 4.90 Å². The van der Waals surface area contributed by atoms with Gasteiger partial charge in [-0.1, -0.05) is 36.4 Å². The van der Waals surface area contributed by atoms with Crippen LogP contribution in [0.5, 0.6) is 5.75 Å². The van der Waals surface area contributed by atoms with Crippen LogP contribution in [0.1, 0.15) is 22.3 Å². The van der Waals surface area contributed by atoms with Crippen molar-refractivity contribution in [3.63, 3.8) is 0 Å². The van der Waals surface area contributed by atoms with Gasteiger partial charge in [0, 0.05) is 0 Å². The Morgan fingerprint density at radius 2 is 1.88 bits per heavy atom. The number of carbonyl (C=O) groups is 2. The Kier molecular flexibility index (Phi) is 5.26. The molecule has 2 amide bonds. The number of carbonyl (C=O) groups excluding carboxylic acids is 2. The van der Waals surface area contributed by atoms with Crippen LogP contribution in [0.25, 0.3) is 0 Å². The summed E-state index contributed by atoms with van der Waals surface area (Å²) in [4.78, 5) is 26.2. The van der Waals surface area contributed by atoms with Crippen LogP contribution in [0.4, 0.5) is 4.79 Å². The first kappa shape index (κ1) is 18.0. The van der Waals surface area contributed by atoms with Crippen LogP contribution >= 0.6 is 0 Å². The number of imide groups is 1. The summed E-state index contributed by atoms with van der Waals surface area (Å²) in [7, 11) is 1.63. The van der Waals surface area contributed by atoms with Gasteiger partial charge in [-0.15, -0.1) is 0 Å². The summed E-state index contributed by atoms with van der Waals surface area (Å²) in [6, 6.07) is 13.3. The highest BCUT2D eigenvalue weighted by atomic mass is 16.6. The molecule has 1 aliphatic heterocycles. The fourth-order valence-corrected chi connectivity index (χ4v) is 3.32. The van der Waals surface area contributed by atoms with Gasteiger partial charge in [0.25, 0.3) is 0 Å². The van der Waals surface area contributed by atoms with E-state index < -0.39 is 6.09 Å². The highest BCUT2D eigenvalue weighted by Gasteiger charge is 2.37. The van der Waals surface area contributed by atoms with Crippen molar-refractivity contribution in [2.24, 2.45) is 0 Å². The van der Waals surface area contributed by atoms with Gasteiger partial charge in [0.05, 0.1) is 19.6 Å². The van der Waals surface area contributed by atoms with Gasteiger partial charge in [-0.25, -0.2) is 9.69 Å². The lowest BCUT2D eigenvalue weighted by atomic mass is 9.99. The maximum Gasteiger partial charge on any atom is 0.416 e. The molecule has 5 heteroatoms. The van der Waals surface area contributed by atoms with Crippen molar-refractivity contribution in [1.29, 1.82) is 0 Å². The predicted octanol–water partition coefficient (Wildman–Crippen LogP) is 3.44. The molecular weight excluding hydrogens is 330 g/mol. The third-order valence-corrected chi connectivity index (χ3v) is 4.96. The summed E-state index contributed by atoms with van der Waals surface area (Å²) < 4.78 is 10.5. The third-order valence-electron chi connectivity index (χ3n) is 4.96. The molecule has 0 spiro atoms. The van der Waals surface area contributed by atoms with Gasteiger partial charge in [0.1, 0.15) is 12.4 Å². The molecule has 136 valence electrons. The molecule has 0 saturated carbocycles. The molecule has 1 fully saturated rings. The van der Waals surface area contributed by atoms with E-state index in [1.54, 1.807) is 7.11 Å². The number of nitrogens with zero attached hydrogens (tertiary/aromatic N) is 1. The zero-order valence-electron chi connectivity index (χ0n) is 15.3. The number of amides is 2. The SMILES string of the molecule is COc1ccc(CC(=O)N2C(=O)OC[C@@H]2Cc2ccccc2)c(C)c1C. The second-order valence-electron chi connectivity index (χ2n) is 6.54. The minimum atomic E-state index is -0.557. The molecule has 0 aromatic heterocycles. The van der Waals surface area contributed by atoms with E-state index in [-0.39, 0.29) is 25.0 Å². The number of ether oxygens (including phenoxy) is 2. The van der Waals surface area contributed by atoms with Crippen molar-refractivity contribution in [2.75, 3.05) is 13.7 Å². The van der Waals surface area contributed by atoms with Crippen LogP contribution in [0, 0.1) is 13.8 Å². The normalized spacial score (nSPS) is 16.5. The monoisotopic (exact) mass is 353 g/mol. The molecular formula is C21H23NO4. The molecule has 1 saturated heterocycles. The fourth-order valence-electron chi connectivity index (χ4n) is 3.32. The van der Waals surface area contributed by atoms with Crippen molar-refractivity contribution >= 4 is 12.0 Å². The average molecular weight is 353 g/mol. The van der Waals surface area contributed by atoms with Crippen LogP contribution in [-0.4, -0.2) is 36.7 Å². The number of hydrogen-bond acceptors (Lipinski definition) is 4. The van der Waals surface area contributed by atoms with Crippen LogP contribution < -0.4 is 4.74 Å². The van der Waals surface area contributed by atoms with Crippen molar-refractivity contribution in [2.45, 2.75) is 32.7 Å². The molecule has 2 aromatic carbocycles. The molecule has 1 atom stereocenters. The average Bonchev–Trinajstić information content (AvgIpc) is 3.00. The first-order valence-corrected chi connectivity index (χ1v) is 8.67. The first-order chi connectivity index (χ1) is 12.5. The lowest BCUT2D eigenvalue weighted by Crippen LogP contribution is -2.41. The van der Waals surface area contributed by atoms with Crippen molar-refractivity contribution < 1.29 is 19.1 Å². The van der Waals surface area contributed by atoms with Crippen molar-refractivity contribution in [3.05, 3.63) is 64.7 Å². The smallest absolute Gasteiger partial charge is 0.416 e. The Bertz CT molecular complexity index is 816. The van der Waals surface area contributed by atoms with Gasteiger partial charge in [-0.3, -0.25) is 4.79 Å². The van der Waals surface area contributed by atoms with Crippen LogP contribution in [0.15, 0.2) is 42.5 Å². The number of cyclic esters (lactones) is 1. The number of benzene rings is 2. The van der Waals surface area contributed by atoms with E-state index in [9.17, 15) is 9.59 Å². The summed E-state index contributed by atoms with van der Waals surface area (Å²) in [6.45, 7) is 4.16. The van der Waals surface area contributed by atoms with E-state index in [1.807, 2.05) is 56.3 Å². The van der Waals surface area contributed by atoms with Gasteiger partial charge in [0.2, 0.25) is 5.91 Å². The molecule has 0 unspecified atom stereocenters. The van der Waals surface area contributed by atoms with Gasteiger partial charge < -0.3 is 9.47 Å². The summed E-state index contributed by atoms with van der Waals surface area (Å²) in [5.74, 6) is 0.558. The van der Waals surface area contributed by atoms with Crippen LogP contribution in [-0.2, 0) is 22.4 Å². The van der Waals surface area contributed by atoms with Crippen molar-refractivity contribution in [3.8, 4) is 5.75 Å². The standard InChI is InChI=1S/C21H23NO4/c1-14-15(2)19(25-3)10-9-17(14)12-20(23)22-18(13-26-21(22)24)11-16-7-5-4-6-8-16/h4-10,18H,11-13H2,1-3H3/t18-/m0/s1. The fraction of sp³-hybridized carbons (Fsp3) is 0.333. The van der Waals surface area contributed by atoms with Crippen LogP contribution in [0.2, 0.25) is 0 Å². The first-order valence-electron chi connectivity index (χ1n) is 8.67. The molecule has 1 heterocycles. The molecule has 0 radical (unpaired) electrons. The third kappa shape index (κ3) is 3.57. The molecule has 5 nitrogen and oxygen atoms in total. The largest absolute Gasteiger partial charge is 0.496 e. The minimum absolute atomic E-state index is 0.164. The zero-order valence-corrected chi connectivity index (χ0v) is 15.3. The number of rotatable bonds is 5. The Morgan fingerprint density at radius 3 is 2.58 bits per heavy atom. The highest BCUT2D eigenvalue weighted by Crippen LogP contribution is 2.25. The molecule has 1 aliphatic rings. The Balaban J connectivity index is 1.77. The summed E-state index contributed by atoms with van der Waals surface area (Å²) >= 11 is 0. The molecule has 3 rings (SSSR count). The van der Waals surface area contributed by atoms with E-state index >= 15 is 0 Å². The summed E-state index contributed by atoms with van der Waals surface area (Å²) in [5, 5.41) is 0. The highest BCUT2D eigenvalue weighted by molar-refractivity contribution is 5.94. The van der Waals surface area contributed by atoms with Crippen LogP contribution in [0.3, 0.4) is 0 Å². The zero-order chi connectivity index (χ0) is 18.7.